The fraction of sp³-hybridized carbons (Fsp3) is 0.500. The second-order valence-electron chi connectivity index (χ2n) is 4.32. The van der Waals surface area contributed by atoms with Gasteiger partial charge in [-0.25, -0.2) is 5.32 Å². The van der Waals surface area contributed by atoms with E-state index in [4.69, 9.17) is 0 Å². The predicted molar refractivity (Wildman–Crippen MR) is 64.7 cm³/mol. The molecule has 1 aromatic carbocycles. The monoisotopic (exact) mass is 216 g/mol. The Hall–Kier alpha value is -1.15. The van der Waals surface area contributed by atoms with Gasteiger partial charge in [0.05, 0.1) is 0 Å². The highest BCUT2D eigenvalue weighted by molar-refractivity contribution is 5.95. The van der Waals surface area contributed by atoms with E-state index in [0.29, 0.717) is 12.5 Å². The van der Waals surface area contributed by atoms with Gasteiger partial charge in [-0.2, -0.15) is 0 Å². The van der Waals surface area contributed by atoms with Crippen molar-refractivity contribution in [2.24, 2.45) is 0 Å². The summed E-state index contributed by atoms with van der Waals surface area (Å²) >= 11 is 0. The number of carbonyl (C=O) groups is 1. The topological polar surface area (TPSA) is 31.2 Å². The summed E-state index contributed by atoms with van der Waals surface area (Å²) in [6, 6.07) is 8.35. The van der Waals surface area contributed by atoms with Crippen molar-refractivity contribution >= 4 is 5.78 Å². The van der Waals surface area contributed by atoms with Crippen LogP contribution >= 0.6 is 0 Å². The third-order valence-corrected chi connectivity index (χ3v) is 3.17. The number of Topliss-reactive ketones (excluding diaryl/α,β-unsaturated/α-hetero) is 1. The molecule has 2 heteroatoms. The van der Waals surface area contributed by atoms with Crippen LogP contribution in [0.1, 0.15) is 54.6 Å². The molecule has 1 aromatic rings. The zero-order chi connectivity index (χ0) is 11.4. The van der Waals surface area contributed by atoms with Crippen LogP contribution in [-0.2, 0) is 0 Å². The zero-order valence-electron chi connectivity index (χ0n) is 9.78. The first kappa shape index (κ1) is 11.3. The maximum atomic E-state index is 11.5. The van der Waals surface area contributed by atoms with Gasteiger partial charge in [0, 0.05) is 24.6 Å². The first-order valence-electron chi connectivity index (χ1n) is 6.11. The molecule has 0 amide bonds. The summed E-state index contributed by atoms with van der Waals surface area (Å²) in [5, 5.41) is 4.61. The minimum atomic E-state index is 0.215. The van der Waals surface area contributed by atoms with Crippen molar-refractivity contribution in [3.05, 3.63) is 35.4 Å². The smallest absolute Gasteiger partial charge is 0.162 e. The molecule has 0 aliphatic carbocycles. The van der Waals surface area contributed by atoms with Gasteiger partial charge in [0.1, 0.15) is 0 Å². The Kier molecular flexibility index (Phi) is 3.73. The Morgan fingerprint density at radius 2 is 2.06 bits per heavy atom. The van der Waals surface area contributed by atoms with E-state index in [1.807, 2.05) is 19.1 Å². The van der Waals surface area contributed by atoms with Crippen molar-refractivity contribution in [2.45, 2.75) is 38.6 Å². The van der Waals surface area contributed by atoms with Crippen LogP contribution in [-0.4, -0.2) is 12.3 Å². The summed E-state index contributed by atoms with van der Waals surface area (Å²) in [7, 11) is 0. The second kappa shape index (κ2) is 5.26. The zero-order valence-corrected chi connectivity index (χ0v) is 9.78. The highest BCUT2D eigenvalue weighted by Crippen LogP contribution is 2.24. The number of nitrogens with zero attached hydrogens (tertiary/aromatic N) is 1. The van der Waals surface area contributed by atoms with Crippen LogP contribution in [0.4, 0.5) is 0 Å². The third kappa shape index (κ3) is 2.50. The Bertz CT molecular complexity index is 350. The Morgan fingerprint density at radius 1 is 1.31 bits per heavy atom. The molecule has 1 unspecified atom stereocenters. The molecule has 0 saturated carbocycles. The molecule has 16 heavy (non-hydrogen) atoms. The van der Waals surface area contributed by atoms with Gasteiger partial charge in [0.25, 0.3) is 0 Å². The number of benzene rings is 1. The lowest BCUT2D eigenvalue weighted by atomic mass is 9.96. The minimum absolute atomic E-state index is 0.215. The van der Waals surface area contributed by atoms with Crippen molar-refractivity contribution in [1.29, 1.82) is 0 Å². The van der Waals surface area contributed by atoms with Crippen LogP contribution in [0.2, 0.25) is 0 Å². The van der Waals surface area contributed by atoms with E-state index in [0.717, 1.165) is 18.5 Å². The predicted octanol–water partition coefficient (Wildman–Crippen LogP) is 3.11. The molecule has 1 aliphatic rings. The molecule has 85 valence electrons. The second-order valence-corrected chi connectivity index (χ2v) is 4.32. The lowest BCUT2D eigenvalue weighted by Gasteiger charge is -2.22. The maximum Gasteiger partial charge on any atom is 0.162 e. The fourth-order valence-electron chi connectivity index (χ4n) is 2.16. The molecular formula is C14H18NO. The van der Waals surface area contributed by atoms with E-state index in [2.05, 4.69) is 17.4 Å². The van der Waals surface area contributed by atoms with Gasteiger partial charge in [0.15, 0.2) is 5.78 Å². The quantitative estimate of drug-likeness (QED) is 0.714. The molecule has 1 heterocycles. The first-order chi connectivity index (χ1) is 7.81. The van der Waals surface area contributed by atoms with Crippen LogP contribution in [0.3, 0.4) is 0 Å². The molecule has 1 atom stereocenters. The molecule has 1 radical (unpaired) electrons. The molecule has 0 aromatic heterocycles. The maximum absolute atomic E-state index is 11.5. The molecule has 0 N–H and O–H groups in total. The van der Waals surface area contributed by atoms with Gasteiger partial charge in [-0.1, -0.05) is 37.6 Å². The van der Waals surface area contributed by atoms with E-state index < -0.39 is 0 Å². The van der Waals surface area contributed by atoms with Crippen molar-refractivity contribution in [1.82, 2.24) is 5.32 Å². The first-order valence-corrected chi connectivity index (χ1v) is 6.11. The standard InChI is InChI=1S/C14H18NO/c1-2-14(16)12-8-6-11(7-9-12)13-5-3-4-10-15-13/h6-9,13H,2-5,10H2,1H3. The average Bonchev–Trinajstić information content (AvgIpc) is 2.39. The molecule has 2 nitrogen and oxygen atoms in total. The van der Waals surface area contributed by atoms with E-state index in [9.17, 15) is 4.79 Å². The van der Waals surface area contributed by atoms with Gasteiger partial charge in [0.2, 0.25) is 0 Å². The Balaban J connectivity index is 2.09. The number of ketones is 1. The SMILES string of the molecule is CCC(=O)c1ccc(C2CCCC[N]2)cc1. The summed E-state index contributed by atoms with van der Waals surface area (Å²) < 4.78 is 0. The third-order valence-electron chi connectivity index (χ3n) is 3.17. The van der Waals surface area contributed by atoms with Crippen LogP contribution in [0.15, 0.2) is 24.3 Å². The molecule has 2 rings (SSSR count). The van der Waals surface area contributed by atoms with Crippen molar-refractivity contribution in [3.63, 3.8) is 0 Å². The van der Waals surface area contributed by atoms with Gasteiger partial charge >= 0.3 is 0 Å². The van der Waals surface area contributed by atoms with Crippen molar-refractivity contribution in [2.75, 3.05) is 6.54 Å². The molecule has 1 fully saturated rings. The van der Waals surface area contributed by atoms with Crippen LogP contribution in [0.25, 0.3) is 0 Å². The summed E-state index contributed by atoms with van der Waals surface area (Å²) in [4.78, 5) is 11.5. The summed E-state index contributed by atoms with van der Waals surface area (Å²) in [6.07, 6.45) is 4.22. The Labute approximate surface area is 97.1 Å². The number of carbonyl (C=O) groups excluding carboxylic acids is 1. The van der Waals surface area contributed by atoms with Crippen molar-refractivity contribution < 1.29 is 4.79 Å². The largest absolute Gasteiger partial charge is 0.294 e. The Morgan fingerprint density at radius 3 is 2.62 bits per heavy atom. The minimum Gasteiger partial charge on any atom is -0.294 e. The number of hydrogen-bond acceptors (Lipinski definition) is 1. The van der Waals surface area contributed by atoms with Gasteiger partial charge < -0.3 is 0 Å². The lowest BCUT2D eigenvalue weighted by Crippen LogP contribution is -2.20. The van der Waals surface area contributed by atoms with Gasteiger partial charge in [-0.15, -0.1) is 0 Å². The van der Waals surface area contributed by atoms with Crippen LogP contribution < -0.4 is 5.32 Å². The van der Waals surface area contributed by atoms with E-state index >= 15 is 0 Å². The van der Waals surface area contributed by atoms with Crippen molar-refractivity contribution in [3.8, 4) is 0 Å². The number of hydrogen-bond donors (Lipinski definition) is 0. The van der Waals surface area contributed by atoms with Crippen LogP contribution in [0.5, 0.6) is 0 Å². The van der Waals surface area contributed by atoms with E-state index in [1.165, 1.54) is 18.4 Å². The average molecular weight is 216 g/mol. The summed E-state index contributed by atoms with van der Waals surface area (Å²) in [5.74, 6) is 0.215. The van der Waals surface area contributed by atoms with Gasteiger partial charge in [-0.05, 0) is 18.4 Å². The number of piperidine rings is 1. The molecule has 1 aliphatic heterocycles. The fourth-order valence-corrected chi connectivity index (χ4v) is 2.16. The lowest BCUT2D eigenvalue weighted by molar-refractivity contribution is 0.0988. The normalized spacial score (nSPS) is 20.7. The van der Waals surface area contributed by atoms with Crippen LogP contribution in [0, 0.1) is 0 Å². The van der Waals surface area contributed by atoms with E-state index in [-0.39, 0.29) is 5.78 Å². The summed E-state index contributed by atoms with van der Waals surface area (Å²) in [5.41, 5.74) is 2.08. The highest BCUT2D eigenvalue weighted by atomic mass is 16.1. The van der Waals surface area contributed by atoms with Gasteiger partial charge in [-0.3, -0.25) is 4.79 Å². The molecule has 1 saturated heterocycles. The highest BCUT2D eigenvalue weighted by Gasteiger charge is 2.15. The van der Waals surface area contributed by atoms with E-state index in [1.54, 1.807) is 0 Å². The summed E-state index contributed by atoms with van der Waals surface area (Å²) in [6.45, 7) is 2.88. The number of rotatable bonds is 3. The molecular weight excluding hydrogens is 198 g/mol. The molecule has 0 spiro atoms. The molecule has 0 bridgehead atoms.